The number of hydrogen-bond acceptors (Lipinski definition) is 2. The van der Waals surface area contributed by atoms with E-state index in [2.05, 4.69) is 4.98 Å². The van der Waals surface area contributed by atoms with Gasteiger partial charge in [-0.25, -0.2) is 9.78 Å². The maximum Gasteiger partial charge on any atom is 0.416 e. The number of hydrogen-bond donors (Lipinski definition) is 1. The van der Waals surface area contributed by atoms with Crippen LogP contribution >= 0.6 is 11.6 Å². The highest BCUT2D eigenvalue weighted by atomic mass is 35.5. The predicted octanol–water partition coefficient (Wildman–Crippen LogP) is 5.58. The number of carboxylic acids is 1. The van der Waals surface area contributed by atoms with E-state index in [-0.39, 0.29) is 22.4 Å². The summed E-state index contributed by atoms with van der Waals surface area (Å²) in [5.74, 6) is -1.19. The van der Waals surface area contributed by atoms with Gasteiger partial charge in [0.05, 0.1) is 22.3 Å². The molecule has 0 fully saturated rings. The minimum absolute atomic E-state index is 0.0279. The first kappa shape index (κ1) is 17.2. The molecule has 7 heteroatoms. The lowest BCUT2D eigenvalue weighted by atomic mass is 9.97. The van der Waals surface area contributed by atoms with Gasteiger partial charge in [-0.05, 0) is 42.8 Å². The van der Waals surface area contributed by atoms with Gasteiger partial charge in [0, 0.05) is 16.0 Å². The van der Waals surface area contributed by atoms with Crippen molar-refractivity contribution in [3.05, 3.63) is 64.2 Å². The van der Waals surface area contributed by atoms with Gasteiger partial charge < -0.3 is 5.11 Å². The number of halogens is 4. The summed E-state index contributed by atoms with van der Waals surface area (Å²) >= 11 is 5.93. The fraction of sp³-hybridized carbons (Fsp3) is 0.111. The van der Waals surface area contributed by atoms with Crippen molar-refractivity contribution in [2.45, 2.75) is 13.1 Å². The first-order valence-corrected chi connectivity index (χ1v) is 7.57. The van der Waals surface area contributed by atoms with E-state index in [1.54, 1.807) is 12.1 Å². The van der Waals surface area contributed by atoms with Gasteiger partial charge in [0.2, 0.25) is 0 Å². The van der Waals surface area contributed by atoms with Crippen LogP contribution in [0.3, 0.4) is 0 Å². The van der Waals surface area contributed by atoms with Crippen molar-refractivity contribution in [3.8, 4) is 11.3 Å². The molecular weight excluding hydrogens is 355 g/mol. The number of rotatable bonds is 2. The molecule has 0 atom stereocenters. The quantitative estimate of drug-likeness (QED) is 0.645. The molecular formula is C18H11ClF3NO2. The molecule has 0 saturated heterocycles. The van der Waals surface area contributed by atoms with Crippen LogP contribution in [0.25, 0.3) is 22.2 Å². The summed E-state index contributed by atoms with van der Waals surface area (Å²) in [6, 6.07) is 9.23. The molecule has 3 nitrogen and oxygen atoms in total. The maximum absolute atomic E-state index is 13.0. The predicted molar refractivity (Wildman–Crippen MR) is 88.9 cm³/mol. The second-order valence-electron chi connectivity index (χ2n) is 5.51. The summed E-state index contributed by atoms with van der Waals surface area (Å²) in [5, 5.41) is 10.2. The van der Waals surface area contributed by atoms with Gasteiger partial charge in [0.25, 0.3) is 0 Å². The summed E-state index contributed by atoms with van der Waals surface area (Å²) < 4.78 is 38.9. The number of aromatic carboxylic acids is 1. The molecule has 0 amide bonds. The third-order valence-corrected chi connectivity index (χ3v) is 4.10. The van der Waals surface area contributed by atoms with E-state index < -0.39 is 17.7 Å². The standard InChI is InChI=1S/C18H11ClF3NO2/c1-9-15(17(24)25)13-8-12(19)5-6-14(13)23-16(9)10-3-2-4-11(7-10)18(20,21)22/h2-8H,1H3,(H,24,25). The molecule has 0 aliphatic rings. The molecule has 0 spiro atoms. The Labute approximate surface area is 145 Å². The highest BCUT2D eigenvalue weighted by molar-refractivity contribution is 6.31. The van der Waals surface area contributed by atoms with Crippen LogP contribution in [0.1, 0.15) is 21.5 Å². The monoisotopic (exact) mass is 365 g/mol. The van der Waals surface area contributed by atoms with Gasteiger partial charge in [-0.3, -0.25) is 0 Å². The lowest BCUT2D eigenvalue weighted by Crippen LogP contribution is -2.07. The molecule has 0 aliphatic heterocycles. The Balaban J connectivity index is 2.33. The molecule has 1 aromatic heterocycles. The minimum Gasteiger partial charge on any atom is -0.478 e. The van der Waals surface area contributed by atoms with Crippen LogP contribution in [0.5, 0.6) is 0 Å². The van der Waals surface area contributed by atoms with Gasteiger partial charge in [0.1, 0.15) is 0 Å². The smallest absolute Gasteiger partial charge is 0.416 e. The summed E-state index contributed by atoms with van der Waals surface area (Å²) in [4.78, 5) is 16.1. The van der Waals surface area contributed by atoms with E-state index in [0.717, 1.165) is 12.1 Å². The zero-order valence-corrected chi connectivity index (χ0v) is 13.6. The number of benzene rings is 2. The minimum atomic E-state index is -4.50. The molecule has 0 aliphatic carbocycles. The maximum atomic E-state index is 13.0. The number of aromatic nitrogens is 1. The first-order valence-electron chi connectivity index (χ1n) is 7.19. The van der Waals surface area contributed by atoms with Crippen LogP contribution in [-0.4, -0.2) is 16.1 Å². The van der Waals surface area contributed by atoms with Crippen LogP contribution < -0.4 is 0 Å². The molecule has 0 unspecified atom stereocenters. The fourth-order valence-corrected chi connectivity index (χ4v) is 2.90. The number of fused-ring (bicyclic) bond motifs is 1. The first-order chi connectivity index (χ1) is 11.7. The van der Waals surface area contributed by atoms with Crippen molar-refractivity contribution in [2.24, 2.45) is 0 Å². The second kappa shape index (κ2) is 6.04. The van der Waals surface area contributed by atoms with E-state index >= 15 is 0 Å². The Bertz CT molecular complexity index is 1000. The molecule has 3 aromatic rings. The van der Waals surface area contributed by atoms with Crippen molar-refractivity contribution in [2.75, 3.05) is 0 Å². The Kier molecular flexibility index (Phi) is 4.16. The topological polar surface area (TPSA) is 50.2 Å². The molecule has 1 heterocycles. The Morgan fingerprint density at radius 1 is 1.16 bits per heavy atom. The number of carboxylic acid groups (broad SMARTS) is 1. The molecule has 128 valence electrons. The molecule has 0 saturated carbocycles. The Hall–Kier alpha value is -2.60. The van der Waals surface area contributed by atoms with Crippen LogP contribution in [0.15, 0.2) is 42.5 Å². The van der Waals surface area contributed by atoms with E-state index in [0.29, 0.717) is 15.9 Å². The fourth-order valence-electron chi connectivity index (χ4n) is 2.73. The Morgan fingerprint density at radius 3 is 2.52 bits per heavy atom. The van der Waals surface area contributed by atoms with E-state index in [4.69, 9.17) is 11.6 Å². The largest absolute Gasteiger partial charge is 0.478 e. The van der Waals surface area contributed by atoms with E-state index in [9.17, 15) is 23.1 Å². The summed E-state index contributed by atoms with van der Waals surface area (Å²) in [6.45, 7) is 1.52. The van der Waals surface area contributed by atoms with Gasteiger partial charge >= 0.3 is 12.1 Å². The number of carbonyl (C=O) groups is 1. The van der Waals surface area contributed by atoms with Crippen LogP contribution in [-0.2, 0) is 6.18 Å². The lowest BCUT2D eigenvalue weighted by Gasteiger charge is -2.14. The average molecular weight is 366 g/mol. The molecule has 25 heavy (non-hydrogen) atoms. The molecule has 0 bridgehead atoms. The lowest BCUT2D eigenvalue weighted by molar-refractivity contribution is -0.137. The highest BCUT2D eigenvalue weighted by Gasteiger charge is 2.31. The van der Waals surface area contributed by atoms with Gasteiger partial charge in [0.15, 0.2) is 0 Å². The zero-order valence-electron chi connectivity index (χ0n) is 12.9. The van der Waals surface area contributed by atoms with Gasteiger partial charge in [-0.15, -0.1) is 0 Å². The van der Waals surface area contributed by atoms with Crippen molar-refractivity contribution in [1.29, 1.82) is 0 Å². The van der Waals surface area contributed by atoms with Crippen LogP contribution in [0, 0.1) is 6.92 Å². The van der Waals surface area contributed by atoms with Gasteiger partial charge in [-0.1, -0.05) is 23.7 Å². The van der Waals surface area contributed by atoms with Crippen molar-refractivity contribution in [1.82, 2.24) is 4.98 Å². The molecule has 2 aromatic carbocycles. The third-order valence-electron chi connectivity index (χ3n) is 3.87. The molecule has 3 rings (SSSR count). The van der Waals surface area contributed by atoms with E-state index in [1.807, 2.05) is 0 Å². The average Bonchev–Trinajstić information content (AvgIpc) is 2.53. The highest BCUT2D eigenvalue weighted by Crippen LogP contribution is 2.35. The third kappa shape index (κ3) is 3.17. The summed E-state index contributed by atoms with van der Waals surface area (Å²) in [7, 11) is 0. The van der Waals surface area contributed by atoms with Crippen molar-refractivity contribution >= 4 is 28.5 Å². The van der Waals surface area contributed by atoms with Crippen LogP contribution in [0.4, 0.5) is 13.2 Å². The van der Waals surface area contributed by atoms with E-state index in [1.165, 1.54) is 25.1 Å². The van der Waals surface area contributed by atoms with Crippen LogP contribution in [0.2, 0.25) is 5.02 Å². The normalized spacial score (nSPS) is 11.7. The summed E-state index contributed by atoms with van der Waals surface area (Å²) in [5.41, 5.74) is 0.172. The molecule has 1 N–H and O–H groups in total. The number of alkyl halides is 3. The number of pyridine rings is 1. The summed E-state index contributed by atoms with van der Waals surface area (Å²) in [6.07, 6.45) is -4.50. The number of nitrogens with zero attached hydrogens (tertiary/aromatic N) is 1. The van der Waals surface area contributed by atoms with Gasteiger partial charge in [-0.2, -0.15) is 13.2 Å². The molecule has 0 radical (unpaired) electrons. The SMILES string of the molecule is Cc1c(-c2cccc(C(F)(F)F)c2)nc2ccc(Cl)cc2c1C(=O)O. The van der Waals surface area contributed by atoms with Crippen molar-refractivity contribution < 1.29 is 23.1 Å². The zero-order chi connectivity index (χ0) is 18.4. The van der Waals surface area contributed by atoms with Crippen molar-refractivity contribution in [3.63, 3.8) is 0 Å². The second-order valence-corrected chi connectivity index (χ2v) is 5.94. The Morgan fingerprint density at radius 2 is 1.88 bits per heavy atom.